The van der Waals surface area contributed by atoms with Crippen LogP contribution in [0.4, 0.5) is 0 Å². The fourth-order valence-corrected chi connectivity index (χ4v) is 4.04. The molecule has 126 valence electrons. The van der Waals surface area contributed by atoms with Crippen LogP contribution < -0.4 is 0 Å². The standard InChI is InChI=1S/C21H36O/c1-6-20(4)10-7-17(8-11-20)18(22)9-12-21(5)15-13-19(2,3)14-16-21/h9,12,17H,6-8,10-11,13-16H2,1-5H3. The van der Waals surface area contributed by atoms with Crippen LogP contribution >= 0.6 is 0 Å². The zero-order valence-corrected chi connectivity index (χ0v) is 15.5. The van der Waals surface area contributed by atoms with Crippen molar-refractivity contribution < 1.29 is 4.79 Å². The molecule has 0 unspecified atom stereocenters. The normalized spacial score (nSPS) is 34.7. The number of carbonyl (C=O) groups excluding carboxylic acids is 1. The molecule has 0 N–H and O–H groups in total. The van der Waals surface area contributed by atoms with Gasteiger partial charge in [0.25, 0.3) is 0 Å². The Kier molecular flexibility index (Phi) is 5.24. The van der Waals surface area contributed by atoms with Crippen LogP contribution in [0.3, 0.4) is 0 Å². The van der Waals surface area contributed by atoms with E-state index in [0.29, 0.717) is 22.5 Å². The van der Waals surface area contributed by atoms with Gasteiger partial charge in [-0.1, -0.05) is 47.1 Å². The first kappa shape index (κ1) is 17.8. The first-order valence-electron chi connectivity index (χ1n) is 9.40. The second-order valence-corrected chi connectivity index (χ2v) is 9.49. The number of carbonyl (C=O) groups is 1. The lowest BCUT2D eigenvalue weighted by Gasteiger charge is -2.40. The molecule has 0 heterocycles. The fourth-order valence-electron chi connectivity index (χ4n) is 4.04. The molecule has 0 amide bonds. The van der Waals surface area contributed by atoms with E-state index in [4.69, 9.17) is 0 Å². The Labute approximate surface area is 137 Å². The Balaban J connectivity index is 1.87. The summed E-state index contributed by atoms with van der Waals surface area (Å²) in [6.07, 6.45) is 15.1. The predicted molar refractivity (Wildman–Crippen MR) is 94.9 cm³/mol. The van der Waals surface area contributed by atoms with Crippen LogP contribution in [-0.2, 0) is 4.79 Å². The zero-order valence-electron chi connectivity index (χ0n) is 15.5. The van der Waals surface area contributed by atoms with Gasteiger partial charge in [-0.3, -0.25) is 4.79 Å². The summed E-state index contributed by atoms with van der Waals surface area (Å²) < 4.78 is 0. The van der Waals surface area contributed by atoms with E-state index in [0.717, 1.165) is 12.8 Å². The van der Waals surface area contributed by atoms with Gasteiger partial charge in [0, 0.05) is 5.92 Å². The molecular formula is C21H36O. The summed E-state index contributed by atoms with van der Waals surface area (Å²) in [7, 11) is 0. The third-order valence-corrected chi connectivity index (χ3v) is 6.84. The molecule has 2 aliphatic carbocycles. The highest BCUT2D eigenvalue weighted by atomic mass is 16.1. The van der Waals surface area contributed by atoms with Gasteiger partial charge in [0.05, 0.1) is 0 Å². The Morgan fingerprint density at radius 3 is 2.00 bits per heavy atom. The van der Waals surface area contributed by atoms with Crippen molar-refractivity contribution >= 4 is 5.78 Å². The van der Waals surface area contributed by atoms with E-state index in [1.165, 1.54) is 44.9 Å². The Morgan fingerprint density at radius 1 is 0.955 bits per heavy atom. The minimum absolute atomic E-state index is 0.248. The molecule has 2 fully saturated rings. The second-order valence-electron chi connectivity index (χ2n) is 9.49. The van der Waals surface area contributed by atoms with E-state index < -0.39 is 0 Å². The lowest BCUT2D eigenvalue weighted by molar-refractivity contribution is -0.119. The molecule has 0 aromatic carbocycles. The Bertz CT molecular complexity index is 411. The van der Waals surface area contributed by atoms with E-state index in [2.05, 4.69) is 40.7 Å². The van der Waals surface area contributed by atoms with Crippen LogP contribution in [0, 0.1) is 22.2 Å². The molecule has 0 aliphatic heterocycles. The minimum atomic E-state index is 0.248. The van der Waals surface area contributed by atoms with E-state index >= 15 is 0 Å². The van der Waals surface area contributed by atoms with Gasteiger partial charge in [0.15, 0.2) is 5.78 Å². The van der Waals surface area contributed by atoms with Crippen LogP contribution in [0.5, 0.6) is 0 Å². The van der Waals surface area contributed by atoms with Crippen LogP contribution in [0.25, 0.3) is 0 Å². The third kappa shape index (κ3) is 4.46. The van der Waals surface area contributed by atoms with Gasteiger partial charge < -0.3 is 0 Å². The van der Waals surface area contributed by atoms with E-state index in [1.54, 1.807) is 0 Å². The predicted octanol–water partition coefficient (Wildman–Crippen LogP) is 6.32. The van der Waals surface area contributed by atoms with Crippen molar-refractivity contribution in [3.8, 4) is 0 Å². The van der Waals surface area contributed by atoms with Crippen molar-refractivity contribution in [3.05, 3.63) is 12.2 Å². The van der Waals surface area contributed by atoms with E-state index in [1.807, 2.05) is 6.08 Å². The van der Waals surface area contributed by atoms with Crippen molar-refractivity contribution in [2.75, 3.05) is 0 Å². The molecule has 22 heavy (non-hydrogen) atoms. The van der Waals surface area contributed by atoms with Gasteiger partial charge in [-0.2, -0.15) is 0 Å². The largest absolute Gasteiger partial charge is 0.295 e. The number of hydrogen-bond donors (Lipinski definition) is 0. The van der Waals surface area contributed by atoms with Crippen LogP contribution in [0.15, 0.2) is 12.2 Å². The SMILES string of the molecule is CCC1(C)CCC(C(=O)C=CC2(C)CCC(C)(C)CC2)CC1. The monoisotopic (exact) mass is 304 g/mol. The average molecular weight is 305 g/mol. The highest BCUT2D eigenvalue weighted by molar-refractivity contribution is 5.91. The molecular weight excluding hydrogens is 268 g/mol. The molecule has 0 aromatic heterocycles. The average Bonchev–Trinajstić information content (AvgIpc) is 2.49. The van der Waals surface area contributed by atoms with Gasteiger partial charge in [0.2, 0.25) is 0 Å². The number of allylic oxidation sites excluding steroid dienone is 2. The molecule has 2 saturated carbocycles. The van der Waals surface area contributed by atoms with E-state index in [-0.39, 0.29) is 5.41 Å². The molecule has 2 rings (SSSR count). The summed E-state index contributed by atoms with van der Waals surface area (Å²) in [5.41, 5.74) is 1.23. The Morgan fingerprint density at radius 2 is 1.50 bits per heavy atom. The summed E-state index contributed by atoms with van der Waals surface area (Å²) in [6.45, 7) is 11.7. The number of rotatable bonds is 4. The summed E-state index contributed by atoms with van der Waals surface area (Å²) >= 11 is 0. The van der Waals surface area contributed by atoms with Crippen LogP contribution in [-0.4, -0.2) is 5.78 Å². The van der Waals surface area contributed by atoms with Crippen molar-refractivity contribution in [1.29, 1.82) is 0 Å². The van der Waals surface area contributed by atoms with Gasteiger partial charge in [-0.15, -0.1) is 0 Å². The molecule has 0 aromatic rings. The quantitative estimate of drug-likeness (QED) is 0.555. The maximum atomic E-state index is 12.5. The third-order valence-electron chi connectivity index (χ3n) is 6.84. The highest BCUT2D eigenvalue weighted by Gasteiger charge is 2.34. The smallest absolute Gasteiger partial charge is 0.158 e. The highest BCUT2D eigenvalue weighted by Crippen LogP contribution is 2.46. The van der Waals surface area contributed by atoms with Crippen molar-refractivity contribution in [3.63, 3.8) is 0 Å². The maximum Gasteiger partial charge on any atom is 0.158 e. The van der Waals surface area contributed by atoms with Gasteiger partial charge in [-0.25, -0.2) is 0 Å². The first-order chi connectivity index (χ1) is 10.2. The van der Waals surface area contributed by atoms with Crippen molar-refractivity contribution in [1.82, 2.24) is 0 Å². The molecule has 1 nitrogen and oxygen atoms in total. The number of hydrogen-bond acceptors (Lipinski definition) is 1. The molecule has 0 spiro atoms. The molecule has 0 bridgehead atoms. The summed E-state index contributed by atoms with van der Waals surface area (Å²) in [5.74, 6) is 0.684. The number of ketones is 1. The molecule has 0 radical (unpaired) electrons. The van der Waals surface area contributed by atoms with Crippen LogP contribution in [0.2, 0.25) is 0 Å². The van der Waals surface area contributed by atoms with E-state index in [9.17, 15) is 4.79 Å². The minimum Gasteiger partial charge on any atom is -0.295 e. The lowest BCUT2D eigenvalue weighted by atomic mass is 9.65. The molecule has 1 heteroatoms. The second kappa shape index (κ2) is 6.49. The van der Waals surface area contributed by atoms with Crippen molar-refractivity contribution in [2.45, 2.75) is 92.4 Å². The summed E-state index contributed by atoms with van der Waals surface area (Å²) in [4.78, 5) is 12.5. The molecule has 0 saturated heterocycles. The fraction of sp³-hybridized carbons (Fsp3) is 0.857. The van der Waals surface area contributed by atoms with Crippen molar-refractivity contribution in [2.24, 2.45) is 22.2 Å². The maximum absolute atomic E-state index is 12.5. The van der Waals surface area contributed by atoms with Gasteiger partial charge >= 0.3 is 0 Å². The molecule has 2 aliphatic rings. The molecule has 0 atom stereocenters. The van der Waals surface area contributed by atoms with Gasteiger partial charge in [0.1, 0.15) is 0 Å². The summed E-state index contributed by atoms with van der Waals surface area (Å²) in [5, 5.41) is 0. The first-order valence-corrected chi connectivity index (χ1v) is 9.40. The Hall–Kier alpha value is -0.590. The topological polar surface area (TPSA) is 17.1 Å². The summed E-state index contributed by atoms with van der Waals surface area (Å²) in [6, 6.07) is 0. The zero-order chi connectivity index (χ0) is 16.4. The lowest BCUT2D eigenvalue weighted by Crippen LogP contribution is -2.29. The van der Waals surface area contributed by atoms with Crippen LogP contribution in [0.1, 0.15) is 92.4 Å². The van der Waals surface area contributed by atoms with Gasteiger partial charge in [-0.05, 0) is 73.7 Å².